The van der Waals surface area contributed by atoms with Crippen molar-refractivity contribution in [1.29, 1.82) is 0 Å². The van der Waals surface area contributed by atoms with E-state index in [4.69, 9.17) is 4.74 Å². The van der Waals surface area contributed by atoms with Gasteiger partial charge in [0.15, 0.2) is 5.83 Å². The second-order valence-electron chi connectivity index (χ2n) is 8.16. The maximum absolute atomic E-state index is 15.4. The van der Waals surface area contributed by atoms with Crippen molar-refractivity contribution in [3.8, 4) is 0 Å². The van der Waals surface area contributed by atoms with Crippen LogP contribution in [-0.2, 0) is 21.8 Å². The summed E-state index contributed by atoms with van der Waals surface area (Å²) >= 11 is 0. The number of ether oxygens (including phenoxy) is 1. The zero-order valence-electron chi connectivity index (χ0n) is 17.7. The number of pyridine rings is 1. The van der Waals surface area contributed by atoms with E-state index in [-0.39, 0.29) is 5.56 Å². The summed E-state index contributed by atoms with van der Waals surface area (Å²) in [7, 11) is 1.29. The highest BCUT2D eigenvalue weighted by Crippen LogP contribution is 2.44. The Bertz CT molecular complexity index is 1050. The van der Waals surface area contributed by atoms with Gasteiger partial charge in [-0.2, -0.15) is 0 Å². The van der Waals surface area contributed by atoms with Crippen LogP contribution in [0.25, 0.3) is 0 Å². The quantitative estimate of drug-likeness (QED) is 0.712. The smallest absolute Gasteiger partial charge is 0.314 e. The number of dihydropyridines is 1. The molecule has 1 aromatic carbocycles. The van der Waals surface area contributed by atoms with Gasteiger partial charge in [0, 0.05) is 31.6 Å². The maximum atomic E-state index is 15.4. The van der Waals surface area contributed by atoms with E-state index >= 15 is 4.39 Å². The molecule has 2 aromatic rings. The lowest BCUT2D eigenvalue weighted by Crippen LogP contribution is -2.49. The average molecular weight is 441 g/mol. The number of aromatic nitrogens is 1. The molecule has 8 heteroatoms. The molecule has 3 heterocycles. The van der Waals surface area contributed by atoms with Crippen LogP contribution in [-0.4, -0.2) is 41.2 Å². The van der Waals surface area contributed by atoms with Crippen LogP contribution in [0.4, 0.5) is 8.78 Å². The van der Waals surface area contributed by atoms with Crippen LogP contribution >= 0.6 is 0 Å². The number of hydrogen-bond acceptors (Lipinski definition) is 5. The summed E-state index contributed by atoms with van der Waals surface area (Å²) < 4.78 is 34.5. The molecule has 2 aliphatic rings. The number of benzene rings is 1. The van der Waals surface area contributed by atoms with Crippen LogP contribution in [0.15, 0.2) is 72.5 Å². The van der Waals surface area contributed by atoms with E-state index in [1.54, 1.807) is 0 Å². The highest BCUT2D eigenvalue weighted by molar-refractivity contribution is 5.80. The second kappa shape index (κ2) is 8.80. The Morgan fingerprint density at radius 2 is 1.94 bits per heavy atom. The molecule has 0 bridgehead atoms. The summed E-state index contributed by atoms with van der Waals surface area (Å²) in [5, 5.41) is 13.0. The first kappa shape index (κ1) is 22.1. The first-order valence-corrected chi connectivity index (χ1v) is 10.4. The van der Waals surface area contributed by atoms with Crippen molar-refractivity contribution in [2.75, 3.05) is 20.2 Å². The molecule has 168 valence electrons. The van der Waals surface area contributed by atoms with Crippen molar-refractivity contribution in [3.05, 3.63) is 89.4 Å². The minimum atomic E-state index is -1.76. The van der Waals surface area contributed by atoms with Crippen molar-refractivity contribution >= 4 is 5.97 Å². The standard InChI is InChI=1S/C24H25F2N3O3/c1-32-24(19-11-20(25)15-27-13-19)21(26)12-18(14-28-24)23(22(30)31)7-9-29(10-8-23)16-17-5-3-2-4-6-17/h2-6,11-15,28H,7-10,16H2,1H3,(H,30,31). The summed E-state index contributed by atoms with van der Waals surface area (Å²) in [6.07, 6.45) is 5.67. The number of methoxy groups -OCH3 is 1. The second-order valence-corrected chi connectivity index (χ2v) is 8.16. The lowest BCUT2D eigenvalue weighted by Gasteiger charge is -2.42. The number of nitrogens with zero attached hydrogens (tertiary/aromatic N) is 2. The van der Waals surface area contributed by atoms with Gasteiger partial charge in [-0.15, -0.1) is 0 Å². The molecule has 1 atom stereocenters. The van der Waals surface area contributed by atoms with Crippen LogP contribution < -0.4 is 5.32 Å². The van der Waals surface area contributed by atoms with E-state index in [9.17, 15) is 14.3 Å². The molecule has 0 amide bonds. The van der Waals surface area contributed by atoms with Crippen LogP contribution in [0.1, 0.15) is 24.0 Å². The van der Waals surface area contributed by atoms with Gasteiger partial charge in [0.1, 0.15) is 5.82 Å². The first-order valence-electron chi connectivity index (χ1n) is 10.4. The lowest BCUT2D eigenvalue weighted by atomic mass is 9.71. The molecule has 1 saturated heterocycles. The molecule has 1 unspecified atom stereocenters. The van der Waals surface area contributed by atoms with Gasteiger partial charge in [0.25, 0.3) is 0 Å². The Kier molecular flexibility index (Phi) is 6.08. The molecule has 1 fully saturated rings. The Hall–Kier alpha value is -3.10. The van der Waals surface area contributed by atoms with Crippen molar-refractivity contribution in [3.63, 3.8) is 0 Å². The van der Waals surface area contributed by atoms with E-state index < -0.39 is 28.8 Å². The number of rotatable bonds is 6. The Morgan fingerprint density at radius 1 is 1.22 bits per heavy atom. The average Bonchev–Trinajstić information content (AvgIpc) is 2.80. The van der Waals surface area contributed by atoms with Crippen LogP contribution in [0.3, 0.4) is 0 Å². The fraction of sp³-hybridized carbons (Fsp3) is 0.333. The monoisotopic (exact) mass is 441 g/mol. The summed E-state index contributed by atoms with van der Waals surface area (Å²) in [6.45, 7) is 1.87. The van der Waals surface area contributed by atoms with Crippen LogP contribution in [0.5, 0.6) is 0 Å². The van der Waals surface area contributed by atoms with Gasteiger partial charge in [-0.3, -0.25) is 14.7 Å². The van der Waals surface area contributed by atoms with E-state index in [1.807, 2.05) is 30.3 Å². The third-order valence-corrected chi connectivity index (χ3v) is 6.39. The highest BCUT2D eigenvalue weighted by Gasteiger charge is 2.48. The normalized spacial score (nSPS) is 23.1. The van der Waals surface area contributed by atoms with Gasteiger partial charge in [-0.1, -0.05) is 30.3 Å². The van der Waals surface area contributed by atoms with E-state index in [0.717, 1.165) is 24.4 Å². The van der Waals surface area contributed by atoms with E-state index in [1.165, 1.54) is 25.6 Å². The number of carboxylic acid groups (broad SMARTS) is 1. The van der Waals surface area contributed by atoms with Gasteiger partial charge in [0.2, 0.25) is 5.72 Å². The summed E-state index contributed by atoms with van der Waals surface area (Å²) in [5.41, 5.74) is -1.34. The molecule has 1 aromatic heterocycles. The van der Waals surface area contributed by atoms with Crippen molar-refractivity contribution < 1.29 is 23.4 Å². The Balaban J connectivity index is 1.56. The molecule has 2 aliphatic heterocycles. The fourth-order valence-corrected chi connectivity index (χ4v) is 4.46. The Labute approximate surface area is 185 Å². The third-order valence-electron chi connectivity index (χ3n) is 6.39. The molecule has 2 N–H and O–H groups in total. The molecule has 6 nitrogen and oxygen atoms in total. The number of nitrogens with one attached hydrogen (secondary N) is 1. The molecule has 32 heavy (non-hydrogen) atoms. The lowest BCUT2D eigenvalue weighted by molar-refractivity contribution is -0.149. The molecule has 0 aliphatic carbocycles. The largest absolute Gasteiger partial charge is 0.481 e. The van der Waals surface area contributed by atoms with Crippen molar-refractivity contribution in [2.24, 2.45) is 5.41 Å². The number of carboxylic acids is 1. The van der Waals surface area contributed by atoms with Gasteiger partial charge in [-0.25, -0.2) is 8.78 Å². The van der Waals surface area contributed by atoms with E-state index in [0.29, 0.717) is 31.5 Å². The first-order chi connectivity index (χ1) is 15.4. The topological polar surface area (TPSA) is 74.7 Å². The summed E-state index contributed by atoms with van der Waals surface area (Å²) in [6, 6.07) is 11.1. The molecule has 0 spiro atoms. The number of carbonyl (C=O) groups is 1. The number of likely N-dealkylation sites (tertiary alicyclic amines) is 1. The number of allylic oxidation sites excluding steroid dienone is 1. The SMILES string of the molecule is COC1(c2cncc(F)c2)NC=C(C2(C(=O)O)CCN(Cc3ccccc3)CC2)C=C1F. The van der Waals surface area contributed by atoms with E-state index in [2.05, 4.69) is 15.2 Å². The number of halogens is 2. The minimum Gasteiger partial charge on any atom is -0.481 e. The third kappa shape index (κ3) is 3.91. The maximum Gasteiger partial charge on any atom is 0.314 e. The molecule has 4 rings (SSSR count). The summed E-state index contributed by atoms with van der Waals surface area (Å²) in [5.74, 6) is -2.38. The van der Waals surface area contributed by atoms with Gasteiger partial charge < -0.3 is 15.2 Å². The number of piperidine rings is 1. The predicted molar refractivity (Wildman–Crippen MR) is 114 cm³/mol. The highest BCUT2D eigenvalue weighted by atomic mass is 19.1. The molecular formula is C24H25F2N3O3. The fourth-order valence-electron chi connectivity index (χ4n) is 4.46. The van der Waals surface area contributed by atoms with Crippen molar-refractivity contribution in [1.82, 2.24) is 15.2 Å². The van der Waals surface area contributed by atoms with Crippen molar-refractivity contribution in [2.45, 2.75) is 25.1 Å². The number of aliphatic carboxylic acids is 1. The predicted octanol–water partition coefficient (Wildman–Crippen LogP) is 3.73. The molecular weight excluding hydrogens is 416 g/mol. The zero-order chi connectivity index (χ0) is 22.8. The molecule has 0 saturated carbocycles. The minimum absolute atomic E-state index is 0.145. The Morgan fingerprint density at radius 3 is 2.53 bits per heavy atom. The summed E-state index contributed by atoms with van der Waals surface area (Å²) in [4.78, 5) is 18.3. The van der Waals surface area contributed by atoms with Gasteiger partial charge in [0.05, 0.1) is 11.6 Å². The zero-order valence-corrected chi connectivity index (χ0v) is 17.7. The van der Waals surface area contributed by atoms with Gasteiger partial charge >= 0.3 is 5.97 Å². The van der Waals surface area contributed by atoms with Crippen LogP contribution in [0.2, 0.25) is 0 Å². The molecule has 0 radical (unpaired) electrons. The number of hydrogen-bond donors (Lipinski definition) is 2. The van der Waals surface area contributed by atoms with Crippen LogP contribution in [0, 0.1) is 11.2 Å². The van der Waals surface area contributed by atoms with Gasteiger partial charge in [-0.05, 0) is 49.2 Å².